The maximum Gasteiger partial charge on any atom is 0.123 e. The molecule has 1 atom stereocenters. The molecule has 0 amide bonds. The Balaban J connectivity index is 2.65. The van der Waals surface area contributed by atoms with Crippen molar-refractivity contribution in [1.29, 1.82) is 0 Å². The maximum absolute atomic E-state index is 5.81. The van der Waals surface area contributed by atoms with E-state index in [-0.39, 0.29) is 6.04 Å². The van der Waals surface area contributed by atoms with Crippen LogP contribution in [0.4, 0.5) is 0 Å². The Morgan fingerprint density at radius 1 is 1.35 bits per heavy atom. The summed E-state index contributed by atoms with van der Waals surface area (Å²) in [5.41, 5.74) is 6.94. The molecule has 0 spiro atoms. The Hall–Kier alpha value is -1.10. The molecule has 4 heteroatoms. The highest BCUT2D eigenvalue weighted by Crippen LogP contribution is 2.23. The number of methoxy groups -OCH3 is 1. The molecule has 0 fully saturated rings. The third-order valence-corrected chi connectivity index (χ3v) is 2.70. The van der Waals surface area contributed by atoms with E-state index in [4.69, 9.17) is 10.5 Å². The first kappa shape index (κ1) is 14.0. The van der Waals surface area contributed by atoms with Gasteiger partial charge in [0.25, 0.3) is 0 Å². The van der Waals surface area contributed by atoms with Crippen LogP contribution in [0, 0.1) is 0 Å². The molecular weight excluding hydrogens is 214 g/mol. The van der Waals surface area contributed by atoms with E-state index >= 15 is 0 Å². The third-order valence-electron chi connectivity index (χ3n) is 2.70. The van der Waals surface area contributed by atoms with Crippen LogP contribution in [0.1, 0.15) is 11.6 Å². The number of nitrogens with two attached hydrogens (primary N) is 1. The SMILES string of the molecule is COc1ccccc1C(CN)NCCN(C)C. The molecule has 1 rings (SSSR count). The highest BCUT2D eigenvalue weighted by atomic mass is 16.5. The Bertz CT molecular complexity index is 328. The lowest BCUT2D eigenvalue weighted by Gasteiger charge is -2.20. The van der Waals surface area contributed by atoms with E-state index < -0.39 is 0 Å². The van der Waals surface area contributed by atoms with Gasteiger partial charge in [0.05, 0.1) is 7.11 Å². The van der Waals surface area contributed by atoms with E-state index in [1.54, 1.807) is 7.11 Å². The summed E-state index contributed by atoms with van der Waals surface area (Å²) < 4.78 is 5.35. The fourth-order valence-corrected chi connectivity index (χ4v) is 1.74. The number of nitrogens with one attached hydrogen (secondary N) is 1. The fourth-order valence-electron chi connectivity index (χ4n) is 1.74. The van der Waals surface area contributed by atoms with Crippen molar-refractivity contribution in [1.82, 2.24) is 10.2 Å². The Morgan fingerprint density at radius 2 is 2.06 bits per heavy atom. The van der Waals surface area contributed by atoms with Gasteiger partial charge in [0.15, 0.2) is 0 Å². The maximum atomic E-state index is 5.81. The molecule has 0 radical (unpaired) electrons. The number of rotatable bonds is 7. The van der Waals surface area contributed by atoms with Crippen molar-refractivity contribution in [2.24, 2.45) is 5.73 Å². The smallest absolute Gasteiger partial charge is 0.123 e. The van der Waals surface area contributed by atoms with Gasteiger partial charge in [-0.05, 0) is 20.2 Å². The van der Waals surface area contributed by atoms with Crippen molar-refractivity contribution in [3.8, 4) is 5.75 Å². The number of ether oxygens (including phenoxy) is 1. The minimum atomic E-state index is 0.145. The number of hydrogen-bond donors (Lipinski definition) is 2. The van der Waals surface area contributed by atoms with E-state index in [0.717, 1.165) is 24.4 Å². The van der Waals surface area contributed by atoms with Gasteiger partial charge in [0.2, 0.25) is 0 Å². The molecule has 1 aromatic carbocycles. The van der Waals surface area contributed by atoms with Crippen LogP contribution in [0.5, 0.6) is 5.75 Å². The molecule has 0 bridgehead atoms. The molecule has 1 aromatic rings. The molecule has 96 valence electrons. The van der Waals surface area contributed by atoms with Crippen LogP contribution in [-0.4, -0.2) is 45.7 Å². The summed E-state index contributed by atoms with van der Waals surface area (Å²) in [7, 11) is 5.80. The number of benzene rings is 1. The van der Waals surface area contributed by atoms with Gasteiger partial charge in [0, 0.05) is 31.2 Å². The van der Waals surface area contributed by atoms with Crippen LogP contribution in [-0.2, 0) is 0 Å². The summed E-state index contributed by atoms with van der Waals surface area (Å²) in [6.07, 6.45) is 0. The van der Waals surface area contributed by atoms with Gasteiger partial charge < -0.3 is 20.7 Å². The zero-order valence-electron chi connectivity index (χ0n) is 10.9. The summed E-state index contributed by atoms with van der Waals surface area (Å²) >= 11 is 0. The summed E-state index contributed by atoms with van der Waals surface area (Å²) in [6, 6.07) is 8.14. The minimum absolute atomic E-state index is 0.145. The molecule has 0 saturated heterocycles. The van der Waals surface area contributed by atoms with Crippen LogP contribution in [0.3, 0.4) is 0 Å². The monoisotopic (exact) mass is 237 g/mol. The Labute approximate surface area is 104 Å². The Morgan fingerprint density at radius 3 is 2.65 bits per heavy atom. The van der Waals surface area contributed by atoms with E-state index in [1.807, 2.05) is 18.2 Å². The van der Waals surface area contributed by atoms with Crippen molar-refractivity contribution in [2.75, 3.05) is 40.8 Å². The highest BCUT2D eigenvalue weighted by Gasteiger charge is 2.13. The first-order valence-electron chi connectivity index (χ1n) is 5.90. The standard InChI is InChI=1S/C13H23N3O/c1-16(2)9-8-15-12(10-14)11-6-4-5-7-13(11)17-3/h4-7,12,15H,8-10,14H2,1-3H3. The molecule has 0 aromatic heterocycles. The van der Waals surface area contributed by atoms with Crippen molar-refractivity contribution in [3.63, 3.8) is 0 Å². The second-order valence-electron chi connectivity index (χ2n) is 4.29. The topological polar surface area (TPSA) is 50.5 Å². The molecule has 0 aliphatic rings. The second kappa shape index (κ2) is 7.27. The molecule has 0 saturated carbocycles. The van der Waals surface area contributed by atoms with Gasteiger partial charge in [-0.15, -0.1) is 0 Å². The van der Waals surface area contributed by atoms with Crippen LogP contribution in [0.25, 0.3) is 0 Å². The third kappa shape index (κ3) is 4.34. The second-order valence-corrected chi connectivity index (χ2v) is 4.29. The average Bonchev–Trinajstić information content (AvgIpc) is 2.34. The van der Waals surface area contributed by atoms with E-state index in [0.29, 0.717) is 6.54 Å². The van der Waals surface area contributed by atoms with Crippen molar-refractivity contribution >= 4 is 0 Å². The van der Waals surface area contributed by atoms with Crippen LogP contribution < -0.4 is 15.8 Å². The number of hydrogen-bond acceptors (Lipinski definition) is 4. The molecule has 4 nitrogen and oxygen atoms in total. The van der Waals surface area contributed by atoms with E-state index in [1.165, 1.54) is 0 Å². The first-order chi connectivity index (χ1) is 8.19. The van der Waals surface area contributed by atoms with Gasteiger partial charge in [-0.1, -0.05) is 18.2 Å². The molecule has 0 heterocycles. The highest BCUT2D eigenvalue weighted by molar-refractivity contribution is 5.36. The van der Waals surface area contributed by atoms with Crippen molar-refractivity contribution in [3.05, 3.63) is 29.8 Å². The van der Waals surface area contributed by atoms with Gasteiger partial charge in [-0.25, -0.2) is 0 Å². The molecule has 1 unspecified atom stereocenters. The van der Waals surface area contributed by atoms with Crippen LogP contribution in [0.15, 0.2) is 24.3 Å². The zero-order chi connectivity index (χ0) is 12.7. The van der Waals surface area contributed by atoms with Gasteiger partial charge in [0.1, 0.15) is 5.75 Å². The molecule has 0 aliphatic heterocycles. The van der Waals surface area contributed by atoms with Gasteiger partial charge in [-0.2, -0.15) is 0 Å². The summed E-state index contributed by atoms with van der Waals surface area (Å²) in [5.74, 6) is 0.889. The summed E-state index contributed by atoms with van der Waals surface area (Å²) in [4.78, 5) is 2.14. The number of para-hydroxylation sites is 1. The fraction of sp³-hybridized carbons (Fsp3) is 0.538. The van der Waals surface area contributed by atoms with E-state index in [9.17, 15) is 0 Å². The lowest BCUT2D eigenvalue weighted by atomic mass is 10.1. The normalized spacial score (nSPS) is 12.8. The molecule has 17 heavy (non-hydrogen) atoms. The summed E-state index contributed by atoms with van der Waals surface area (Å²) in [5, 5.41) is 3.45. The zero-order valence-corrected chi connectivity index (χ0v) is 10.9. The van der Waals surface area contributed by atoms with Crippen molar-refractivity contribution in [2.45, 2.75) is 6.04 Å². The van der Waals surface area contributed by atoms with Crippen LogP contribution in [0.2, 0.25) is 0 Å². The number of nitrogens with zero attached hydrogens (tertiary/aromatic N) is 1. The molecule has 3 N–H and O–H groups in total. The van der Waals surface area contributed by atoms with Gasteiger partial charge in [-0.3, -0.25) is 0 Å². The number of likely N-dealkylation sites (N-methyl/N-ethyl adjacent to an activating group) is 1. The summed E-state index contributed by atoms with van der Waals surface area (Å²) in [6.45, 7) is 2.46. The predicted octanol–water partition coefficient (Wildman–Crippen LogP) is 0.846. The first-order valence-corrected chi connectivity index (χ1v) is 5.90. The van der Waals surface area contributed by atoms with E-state index in [2.05, 4.69) is 30.4 Å². The Kier molecular flexibility index (Phi) is 5.97. The molecular formula is C13H23N3O. The van der Waals surface area contributed by atoms with Crippen LogP contribution >= 0.6 is 0 Å². The average molecular weight is 237 g/mol. The quantitative estimate of drug-likeness (QED) is 0.738. The van der Waals surface area contributed by atoms with Gasteiger partial charge >= 0.3 is 0 Å². The largest absolute Gasteiger partial charge is 0.496 e. The molecule has 0 aliphatic carbocycles. The minimum Gasteiger partial charge on any atom is -0.496 e. The van der Waals surface area contributed by atoms with Crippen molar-refractivity contribution < 1.29 is 4.74 Å². The lowest BCUT2D eigenvalue weighted by molar-refractivity contribution is 0.375. The predicted molar refractivity (Wildman–Crippen MR) is 71.3 cm³/mol. The lowest BCUT2D eigenvalue weighted by Crippen LogP contribution is -2.33.